The van der Waals surface area contributed by atoms with E-state index in [-0.39, 0.29) is 17.1 Å². The molecule has 0 rings (SSSR count). The van der Waals surface area contributed by atoms with E-state index < -0.39 is 15.3 Å². The molecule has 0 unspecified atom stereocenters. The molecule has 0 spiro atoms. The van der Waals surface area contributed by atoms with Crippen LogP contribution in [0.3, 0.4) is 0 Å². The molecular weight excluding hydrogens is 250 g/mol. The summed E-state index contributed by atoms with van der Waals surface area (Å²) in [5, 5.41) is 43.1. The normalized spacial score (nSPS) is 5.54. The summed E-state index contributed by atoms with van der Waals surface area (Å²) < 4.78 is 0. The fourth-order valence-corrected chi connectivity index (χ4v) is 0. The van der Waals surface area contributed by atoms with Crippen molar-refractivity contribution in [2.45, 2.75) is 0 Å². The van der Waals surface area contributed by atoms with Crippen LogP contribution >= 0.6 is 0 Å². The van der Waals surface area contributed by atoms with Crippen molar-refractivity contribution in [3.05, 3.63) is 40.8 Å². The van der Waals surface area contributed by atoms with Gasteiger partial charge in [-0.2, -0.15) is 0 Å². The second-order valence-electron chi connectivity index (χ2n) is 0.685. The molecular formula is HCuN3O9. The molecule has 0 heterocycles. The predicted octanol–water partition coefficient (Wildman–Crippen LogP) is -0.828. The van der Waals surface area contributed by atoms with Crippen molar-refractivity contribution in [3.8, 4) is 0 Å². The largest absolute Gasteiger partial charge is 2.00 e. The number of hydrogen-bond donors (Lipinski definition) is 1. The molecule has 0 bridgehead atoms. The van der Waals surface area contributed by atoms with Crippen LogP contribution in [0, 0.1) is 40.8 Å². The van der Waals surface area contributed by atoms with Gasteiger partial charge in [-0.15, -0.1) is 10.1 Å². The first-order chi connectivity index (χ1) is 5.20. The first kappa shape index (κ1) is 22.5. The van der Waals surface area contributed by atoms with Gasteiger partial charge in [0.05, 0.1) is 10.2 Å². The summed E-state index contributed by atoms with van der Waals surface area (Å²) in [6.45, 7) is 0. The first-order valence-corrected chi connectivity index (χ1v) is 1.66. The molecule has 0 aromatic carbocycles. The van der Waals surface area contributed by atoms with Gasteiger partial charge in [0, 0.05) is 0 Å². The minimum atomic E-state index is -1.75. The van der Waals surface area contributed by atoms with Gasteiger partial charge in [0.25, 0.3) is 5.09 Å². The Balaban J connectivity index is -0.0000000450. The third-order valence-electron chi connectivity index (χ3n) is 0. The summed E-state index contributed by atoms with van der Waals surface area (Å²) in [7, 11) is 0. The van der Waals surface area contributed by atoms with Crippen LogP contribution in [0.5, 0.6) is 0 Å². The van der Waals surface area contributed by atoms with Crippen molar-refractivity contribution in [1.82, 2.24) is 0 Å². The average molecular weight is 251 g/mol. The van der Waals surface area contributed by atoms with Crippen molar-refractivity contribution in [1.29, 1.82) is 0 Å². The molecule has 0 saturated carbocycles. The standard InChI is InChI=1S/Cu.HNO3.2NO3/c;3*2-1(3)4/h;(H,2,3,4);;/q+2;;2*-1. The van der Waals surface area contributed by atoms with Gasteiger partial charge in [0.2, 0.25) is 0 Å². The molecule has 0 aliphatic rings. The Bertz CT molecular complexity index is 112. The molecule has 0 atom stereocenters. The Morgan fingerprint density at radius 2 is 0.769 bits per heavy atom. The van der Waals surface area contributed by atoms with Crippen LogP contribution in [0.4, 0.5) is 0 Å². The fraction of sp³-hybridized carbons (Fsp3) is 0. The van der Waals surface area contributed by atoms with Gasteiger partial charge in [-0.05, 0) is 0 Å². The molecule has 0 saturated heterocycles. The third-order valence-corrected chi connectivity index (χ3v) is 0. The quantitative estimate of drug-likeness (QED) is 0.324. The van der Waals surface area contributed by atoms with Crippen LogP contribution in [-0.4, -0.2) is 20.5 Å². The molecule has 0 fully saturated rings. The fourth-order valence-electron chi connectivity index (χ4n) is 0. The molecule has 12 nitrogen and oxygen atoms in total. The molecule has 13 heteroatoms. The van der Waals surface area contributed by atoms with Gasteiger partial charge in [0.1, 0.15) is 0 Å². The van der Waals surface area contributed by atoms with E-state index in [0.717, 1.165) is 0 Å². The Morgan fingerprint density at radius 3 is 0.769 bits per heavy atom. The van der Waals surface area contributed by atoms with Crippen molar-refractivity contribution in [2.75, 3.05) is 0 Å². The Morgan fingerprint density at radius 1 is 0.769 bits per heavy atom. The van der Waals surface area contributed by atoms with E-state index in [1.165, 1.54) is 0 Å². The summed E-state index contributed by atoms with van der Waals surface area (Å²) in [4.78, 5) is 24.9. The van der Waals surface area contributed by atoms with Gasteiger partial charge in [0.15, 0.2) is 0 Å². The van der Waals surface area contributed by atoms with Crippen molar-refractivity contribution < 1.29 is 37.5 Å². The SMILES string of the molecule is O=[N+]([O-])O.O=[N+]([O-])[O-].O=[N+]([O-])[O-].[Cu+2]. The number of nitrogens with zero attached hydrogens (tertiary/aromatic N) is 3. The molecule has 0 aromatic heterocycles. The van der Waals surface area contributed by atoms with E-state index >= 15 is 0 Å². The predicted molar refractivity (Wildman–Crippen MR) is 29.5 cm³/mol. The molecule has 81 valence electrons. The zero-order valence-electron chi connectivity index (χ0n) is 5.36. The van der Waals surface area contributed by atoms with Crippen LogP contribution < -0.4 is 0 Å². The summed E-state index contributed by atoms with van der Waals surface area (Å²) in [5.74, 6) is 0. The molecule has 0 amide bonds. The van der Waals surface area contributed by atoms with E-state index in [1.54, 1.807) is 0 Å². The topological polar surface area (TPSA) is 196 Å². The first-order valence-electron chi connectivity index (χ1n) is 1.66. The van der Waals surface area contributed by atoms with Gasteiger partial charge < -0.3 is 35.9 Å². The van der Waals surface area contributed by atoms with Gasteiger partial charge >= 0.3 is 17.1 Å². The molecule has 1 radical (unpaired) electrons. The second kappa shape index (κ2) is 16.6. The van der Waals surface area contributed by atoms with Crippen LogP contribution in [-0.2, 0) is 17.1 Å². The number of hydrogen-bond acceptors (Lipinski definition) is 8. The summed E-state index contributed by atoms with van der Waals surface area (Å²) >= 11 is 0. The number of rotatable bonds is 0. The van der Waals surface area contributed by atoms with Crippen LogP contribution in [0.15, 0.2) is 0 Å². The maximum absolute atomic E-state index is 8.36. The zero-order chi connectivity index (χ0) is 10.7. The molecule has 1 N–H and O–H groups in total. The molecule has 13 heavy (non-hydrogen) atoms. The van der Waals surface area contributed by atoms with Crippen molar-refractivity contribution >= 4 is 0 Å². The van der Waals surface area contributed by atoms with Gasteiger partial charge in [-0.3, -0.25) is 0 Å². The monoisotopic (exact) mass is 250 g/mol. The van der Waals surface area contributed by atoms with E-state index in [0.29, 0.717) is 0 Å². The van der Waals surface area contributed by atoms with Gasteiger partial charge in [-0.1, -0.05) is 0 Å². The molecule has 0 aromatic rings. The van der Waals surface area contributed by atoms with Crippen LogP contribution in [0.1, 0.15) is 0 Å². The zero-order valence-corrected chi connectivity index (χ0v) is 6.30. The van der Waals surface area contributed by atoms with Crippen molar-refractivity contribution in [3.63, 3.8) is 0 Å². The maximum atomic E-state index is 8.36. The Hall–Kier alpha value is -1.88. The van der Waals surface area contributed by atoms with Crippen molar-refractivity contribution in [2.24, 2.45) is 0 Å². The summed E-state index contributed by atoms with van der Waals surface area (Å²) in [5.41, 5.74) is 0. The van der Waals surface area contributed by atoms with Crippen LogP contribution in [0.2, 0.25) is 0 Å². The summed E-state index contributed by atoms with van der Waals surface area (Å²) in [6, 6.07) is 0. The molecule has 0 aliphatic heterocycles. The second-order valence-corrected chi connectivity index (χ2v) is 0.685. The third kappa shape index (κ3) is 189. The van der Waals surface area contributed by atoms with E-state index in [2.05, 4.69) is 0 Å². The smallest absolute Gasteiger partial charge is 0.356 e. The Labute approximate surface area is 79.2 Å². The average Bonchev–Trinajstić information content (AvgIpc) is 1.54. The van der Waals surface area contributed by atoms with E-state index in [1.807, 2.05) is 0 Å². The van der Waals surface area contributed by atoms with E-state index in [9.17, 15) is 0 Å². The minimum absolute atomic E-state index is 0. The van der Waals surface area contributed by atoms with Crippen LogP contribution in [0.25, 0.3) is 0 Å². The minimum Gasteiger partial charge on any atom is -0.356 e. The summed E-state index contributed by atoms with van der Waals surface area (Å²) in [6.07, 6.45) is 0. The van der Waals surface area contributed by atoms with Gasteiger partial charge in [-0.25, -0.2) is 0 Å². The van der Waals surface area contributed by atoms with E-state index in [4.69, 9.17) is 46.0 Å². The Kier molecular flexibility index (Phi) is 28.7. The molecule has 0 aliphatic carbocycles. The maximum Gasteiger partial charge on any atom is 2.00 e.